The highest BCUT2D eigenvalue weighted by Gasteiger charge is 2.42. The minimum atomic E-state index is -0.160. The van der Waals surface area contributed by atoms with E-state index in [1.807, 2.05) is 0 Å². The van der Waals surface area contributed by atoms with Crippen molar-refractivity contribution in [3.63, 3.8) is 0 Å². The Labute approximate surface area is 116 Å². The zero-order valence-electron chi connectivity index (χ0n) is 12.4. The second-order valence-corrected chi connectivity index (χ2v) is 6.48. The molecule has 0 aromatic rings. The Kier molecular flexibility index (Phi) is 4.85. The van der Waals surface area contributed by atoms with E-state index in [1.165, 1.54) is 0 Å². The Morgan fingerprint density at radius 3 is 2.47 bits per heavy atom. The molecule has 2 N–H and O–H groups in total. The SMILES string of the molecule is CCC1NC(CC(C)C)N(C2CCC(O)CC2)C1=O. The summed E-state index contributed by atoms with van der Waals surface area (Å²) < 4.78 is 0. The third kappa shape index (κ3) is 3.29. The number of hydrogen-bond acceptors (Lipinski definition) is 3. The molecule has 4 heteroatoms. The maximum Gasteiger partial charge on any atom is 0.241 e. The summed E-state index contributed by atoms with van der Waals surface area (Å²) in [5.74, 6) is 0.854. The van der Waals surface area contributed by atoms with Crippen molar-refractivity contribution in [2.75, 3.05) is 0 Å². The van der Waals surface area contributed by atoms with Gasteiger partial charge < -0.3 is 10.0 Å². The van der Waals surface area contributed by atoms with Crippen LogP contribution in [0.5, 0.6) is 0 Å². The number of rotatable bonds is 4. The van der Waals surface area contributed by atoms with Gasteiger partial charge in [-0.2, -0.15) is 0 Å². The molecule has 4 nitrogen and oxygen atoms in total. The number of aliphatic hydroxyl groups excluding tert-OH is 1. The van der Waals surface area contributed by atoms with Gasteiger partial charge in [0.05, 0.1) is 18.3 Å². The summed E-state index contributed by atoms with van der Waals surface area (Å²) in [5.41, 5.74) is 0. The number of amides is 1. The van der Waals surface area contributed by atoms with Gasteiger partial charge in [0, 0.05) is 6.04 Å². The first-order valence-corrected chi connectivity index (χ1v) is 7.79. The van der Waals surface area contributed by atoms with Crippen LogP contribution in [-0.2, 0) is 4.79 Å². The lowest BCUT2D eigenvalue weighted by atomic mass is 9.91. The predicted octanol–water partition coefficient (Wildman–Crippen LogP) is 1.87. The van der Waals surface area contributed by atoms with Gasteiger partial charge in [-0.3, -0.25) is 10.1 Å². The Hall–Kier alpha value is -0.610. The molecule has 0 bridgehead atoms. The van der Waals surface area contributed by atoms with Crippen LogP contribution in [0.3, 0.4) is 0 Å². The van der Waals surface area contributed by atoms with Gasteiger partial charge in [0.1, 0.15) is 0 Å². The Bertz CT molecular complexity index is 311. The summed E-state index contributed by atoms with van der Waals surface area (Å²) >= 11 is 0. The van der Waals surface area contributed by atoms with Crippen LogP contribution in [0, 0.1) is 5.92 Å². The van der Waals surface area contributed by atoms with Crippen molar-refractivity contribution in [2.24, 2.45) is 5.92 Å². The van der Waals surface area contributed by atoms with E-state index in [0.29, 0.717) is 12.0 Å². The van der Waals surface area contributed by atoms with Crippen LogP contribution >= 0.6 is 0 Å². The Morgan fingerprint density at radius 1 is 1.32 bits per heavy atom. The molecule has 1 aliphatic carbocycles. The maximum atomic E-state index is 12.5. The van der Waals surface area contributed by atoms with Gasteiger partial charge >= 0.3 is 0 Å². The third-order valence-electron chi connectivity index (χ3n) is 4.44. The van der Waals surface area contributed by atoms with Crippen LogP contribution in [-0.4, -0.2) is 40.3 Å². The molecular formula is C15H28N2O2. The monoisotopic (exact) mass is 268 g/mol. The number of nitrogens with zero attached hydrogens (tertiary/aromatic N) is 1. The van der Waals surface area contributed by atoms with Gasteiger partial charge in [-0.25, -0.2) is 0 Å². The second kappa shape index (κ2) is 6.23. The molecule has 2 aliphatic rings. The molecule has 0 spiro atoms. The van der Waals surface area contributed by atoms with Gasteiger partial charge in [0.15, 0.2) is 0 Å². The van der Waals surface area contributed by atoms with E-state index >= 15 is 0 Å². The highest BCUT2D eigenvalue weighted by molar-refractivity contribution is 5.84. The molecule has 2 fully saturated rings. The standard InChI is InChI=1S/C15H28N2O2/c1-4-13-15(19)17(14(16-13)9-10(2)3)11-5-7-12(18)8-6-11/h10-14,16,18H,4-9H2,1-3H3. The minimum Gasteiger partial charge on any atom is -0.393 e. The number of hydrogen-bond donors (Lipinski definition) is 2. The third-order valence-corrected chi connectivity index (χ3v) is 4.44. The van der Waals surface area contributed by atoms with Crippen molar-refractivity contribution >= 4 is 5.91 Å². The van der Waals surface area contributed by atoms with E-state index < -0.39 is 0 Å². The number of carbonyl (C=O) groups excluding carboxylic acids is 1. The summed E-state index contributed by atoms with van der Waals surface area (Å²) in [4.78, 5) is 14.6. The fourth-order valence-electron chi connectivity index (χ4n) is 3.41. The lowest BCUT2D eigenvalue weighted by Crippen LogP contribution is -2.47. The molecule has 19 heavy (non-hydrogen) atoms. The van der Waals surface area contributed by atoms with Gasteiger partial charge in [-0.1, -0.05) is 20.8 Å². The van der Waals surface area contributed by atoms with E-state index in [0.717, 1.165) is 38.5 Å². The minimum absolute atomic E-state index is 0.00407. The molecular weight excluding hydrogens is 240 g/mol. The molecule has 0 aromatic heterocycles. The van der Waals surface area contributed by atoms with Crippen LogP contribution in [0.25, 0.3) is 0 Å². The van der Waals surface area contributed by atoms with Crippen molar-refractivity contribution in [1.82, 2.24) is 10.2 Å². The van der Waals surface area contributed by atoms with Crippen molar-refractivity contribution in [1.29, 1.82) is 0 Å². The smallest absolute Gasteiger partial charge is 0.241 e. The molecule has 1 aliphatic heterocycles. The zero-order chi connectivity index (χ0) is 14.0. The molecule has 1 heterocycles. The van der Waals surface area contributed by atoms with E-state index in [9.17, 15) is 9.90 Å². The molecule has 110 valence electrons. The van der Waals surface area contributed by atoms with Crippen molar-refractivity contribution in [3.8, 4) is 0 Å². The van der Waals surface area contributed by atoms with Gasteiger partial charge in [-0.05, 0) is 44.4 Å². The second-order valence-electron chi connectivity index (χ2n) is 6.48. The van der Waals surface area contributed by atoms with Crippen molar-refractivity contribution in [2.45, 2.75) is 83.6 Å². The molecule has 0 radical (unpaired) electrons. The normalized spacial score (nSPS) is 36.3. The number of nitrogens with one attached hydrogen (secondary N) is 1. The van der Waals surface area contributed by atoms with E-state index in [2.05, 4.69) is 31.0 Å². The highest BCUT2D eigenvalue weighted by atomic mass is 16.3. The summed E-state index contributed by atoms with van der Waals surface area (Å²) in [7, 11) is 0. The molecule has 2 unspecified atom stereocenters. The maximum absolute atomic E-state index is 12.5. The Balaban J connectivity index is 2.07. The average molecular weight is 268 g/mol. The van der Waals surface area contributed by atoms with Crippen LogP contribution in [0.15, 0.2) is 0 Å². The van der Waals surface area contributed by atoms with E-state index in [-0.39, 0.29) is 24.2 Å². The van der Waals surface area contributed by atoms with Crippen molar-refractivity contribution in [3.05, 3.63) is 0 Å². The summed E-state index contributed by atoms with van der Waals surface area (Å²) in [5, 5.41) is 13.1. The fourth-order valence-corrected chi connectivity index (χ4v) is 3.41. The molecule has 1 saturated heterocycles. The van der Waals surface area contributed by atoms with E-state index in [4.69, 9.17) is 0 Å². The highest BCUT2D eigenvalue weighted by Crippen LogP contribution is 2.29. The van der Waals surface area contributed by atoms with E-state index in [1.54, 1.807) is 0 Å². The lowest BCUT2D eigenvalue weighted by Gasteiger charge is -2.37. The molecule has 2 atom stereocenters. The van der Waals surface area contributed by atoms with Crippen LogP contribution in [0.2, 0.25) is 0 Å². The predicted molar refractivity (Wildman–Crippen MR) is 75.6 cm³/mol. The first-order chi connectivity index (χ1) is 9.02. The largest absolute Gasteiger partial charge is 0.393 e. The molecule has 0 aromatic carbocycles. The number of aliphatic hydroxyl groups is 1. The summed E-state index contributed by atoms with van der Waals surface area (Å²) in [6.45, 7) is 6.47. The fraction of sp³-hybridized carbons (Fsp3) is 0.933. The average Bonchev–Trinajstić information content (AvgIpc) is 2.66. The first kappa shape index (κ1) is 14.8. The van der Waals surface area contributed by atoms with Crippen LogP contribution in [0.1, 0.15) is 59.3 Å². The Morgan fingerprint density at radius 2 is 1.95 bits per heavy atom. The topological polar surface area (TPSA) is 52.6 Å². The van der Waals surface area contributed by atoms with Gasteiger partial charge in [0.25, 0.3) is 0 Å². The quantitative estimate of drug-likeness (QED) is 0.818. The summed E-state index contributed by atoms with van der Waals surface area (Å²) in [6, 6.07) is 0.319. The molecule has 1 saturated carbocycles. The zero-order valence-corrected chi connectivity index (χ0v) is 12.4. The van der Waals surface area contributed by atoms with Gasteiger partial charge in [0.2, 0.25) is 5.91 Å². The lowest BCUT2D eigenvalue weighted by molar-refractivity contribution is -0.133. The molecule has 1 amide bonds. The van der Waals surface area contributed by atoms with Crippen molar-refractivity contribution < 1.29 is 9.90 Å². The first-order valence-electron chi connectivity index (χ1n) is 7.79. The van der Waals surface area contributed by atoms with Crippen LogP contribution in [0.4, 0.5) is 0 Å². The molecule has 2 rings (SSSR count). The number of carbonyl (C=O) groups is 1. The van der Waals surface area contributed by atoms with Crippen LogP contribution < -0.4 is 5.32 Å². The summed E-state index contributed by atoms with van der Waals surface area (Å²) in [6.07, 6.45) is 5.46. The van der Waals surface area contributed by atoms with Gasteiger partial charge in [-0.15, -0.1) is 0 Å².